The second-order valence-corrected chi connectivity index (χ2v) is 4.82. The summed E-state index contributed by atoms with van der Waals surface area (Å²) < 4.78 is 5.28. The molecule has 1 N–H and O–H groups in total. The second-order valence-electron chi connectivity index (χ2n) is 4.82. The zero-order chi connectivity index (χ0) is 13.0. The maximum atomic E-state index is 12.2. The fourth-order valence-corrected chi connectivity index (χ4v) is 2.34. The second kappa shape index (κ2) is 6.15. The molecule has 0 aromatic rings. The molecule has 0 spiro atoms. The maximum Gasteiger partial charge on any atom is 0.312 e. The first kappa shape index (κ1) is 13.3. The molecule has 0 radical (unpaired) electrons. The minimum Gasteiger partial charge on any atom is -0.377 e. The fourth-order valence-electron chi connectivity index (χ4n) is 2.34. The molecule has 2 aliphatic rings. The Morgan fingerprint density at radius 1 is 1.17 bits per heavy atom. The highest BCUT2D eigenvalue weighted by Gasteiger charge is 2.31. The third-order valence-electron chi connectivity index (χ3n) is 3.44. The van der Waals surface area contributed by atoms with Gasteiger partial charge in [-0.3, -0.25) is 9.59 Å². The standard InChI is InChI=1S/C12H21N3O3/c1-10-9-18-8-7-15(10)12(17)11(16)14-5-2-3-13-4-6-14/h10,13H,2-9H2,1H3. The first-order valence-corrected chi connectivity index (χ1v) is 6.58. The van der Waals surface area contributed by atoms with Crippen molar-refractivity contribution >= 4 is 11.8 Å². The number of carbonyl (C=O) groups is 2. The van der Waals surface area contributed by atoms with Gasteiger partial charge in [-0.25, -0.2) is 0 Å². The zero-order valence-corrected chi connectivity index (χ0v) is 10.9. The lowest BCUT2D eigenvalue weighted by Gasteiger charge is -2.34. The summed E-state index contributed by atoms with van der Waals surface area (Å²) in [4.78, 5) is 27.6. The Kier molecular flexibility index (Phi) is 4.54. The summed E-state index contributed by atoms with van der Waals surface area (Å²) in [6.45, 7) is 6.40. The van der Waals surface area contributed by atoms with Crippen LogP contribution >= 0.6 is 0 Å². The summed E-state index contributed by atoms with van der Waals surface area (Å²) in [6.07, 6.45) is 0.900. The van der Waals surface area contributed by atoms with Crippen LogP contribution in [-0.4, -0.2) is 73.6 Å². The molecule has 2 rings (SSSR count). The van der Waals surface area contributed by atoms with Crippen molar-refractivity contribution in [2.45, 2.75) is 19.4 Å². The summed E-state index contributed by atoms with van der Waals surface area (Å²) in [6, 6.07) is -0.0136. The van der Waals surface area contributed by atoms with E-state index in [4.69, 9.17) is 4.74 Å². The molecule has 1 atom stereocenters. The van der Waals surface area contributed by atoms with Crippen LogP contribution in [-0.2, 0) is 14.3 Å². The van der Waals surface area contributed by atoms with Crippen molar-refractivity contribution in [3.05, 3.63) is 0 Å². The predicted molar refractivity (Wildman–Crippen MR) is 66.1 cm³/mol. The van der Waals surface area contributed by atoms with Crippen molar-refractivity contribution in [2.24, 2.45) is 0 Å². The van der Waals surface area contributed by atoms with Crippen LogP contribution in [0.15, 0.2) is 0 Å². The monoisotopic (exact) mass is 255 g/mol. The number of morpholine rings is 1. The van der Waals surface area contributed by atoms with Gasteiger partial charge in [-0.2, -0.15) is 0 Å². The molecule has 0 bridgehead atoms. The molecule has 2 fully saturated rings. The lowest BCUT2D eigenvalue weighted by atomic mass is 10.2. The average Bonchev–Trinajstić information content (AvgIpc) is 2.66. The van der Waals surface area contributed by atoms with Crippen molar-refractivity contribution in [1.29, 1.82) is 0 Å². The molecule has 0 aromatic heterocycles. The van der Waals surface area contributed by atoms with E-state index in [1.54, 1.807) is 9.80 Å². The van der Waals surface area contributed by atoms with Gasteiger partial charge in [0.25, 0.3) is 0 Å². The third kappa shape index (κ3) is 3.00. The summed E-state index contributed by atoms with van der Waals surface area (Å²) in [5.41, 5.74) is 0. The van der Waals surface area contributed by atoms with Crippen LogP contribution in [0, 0.1) is 0 Å². The summed E-state index contributed by atoms with van der Waals surface area (Å²) in [5.74, 6) is -0.750. The van der Waals surface area contributed by atoms with E-state index in [0.29, 0.717) is 32.8 Å². The summed E-state index contributed by atoms with van der Waals surface area (Å²) in [5, 5.41) is 3.22. The Morgan fingerprint density at radius 3 is 2.78 bits per heavy atom. The molecule has 0 saturated carbocycles. The van der Waals surface area contributed by atoms with Gasteiger partial charge in [0.15, 0.2) is 0 Å². The summed E-state index contributed by atoms with van der Waals surface area (Å²) >= 11 is 0. The molecule has 6 heteroatoms. The minimum absolute atomic E-state index is 0.0136. The van der Waals surface area contributed by atoms with Crippen LogP contribution < -0.4 is 5.32 Å². The number of nitrogens with one attached hydrogen (secondary N) is 1. The predicted octanol–water partition coefficient (Wildman–Crippen LogP) is -0.944. The lowest BCUT2D eigenvalue weighted by molar-refractivity contribution is -0.156. The molecule has 0 aliphatic carbocycles. The van der Waals surface area contributed by atoms with Gasteiger partial charge >= 0.3 is 11.8 Å². The molecule has 2 heterocycles. The third-order valence-corrected chi connectivity index (χ3v) is 3.44. The molecule has 0 aromatic carbocycles. The Labute approximate surface area is 107 Å². The van der Waals surface area contributed by atoms with Crippen LogP contribution in [0.5, 0.6) is 0 Å². The number of amides is 2. The van der Waals surface area contributed by atoms with E-state index < -0.39 is 0 Å². The van der Waals surface area contributed by atoms with Crippen LogP contribution in [0.1, 0.15) is 13.3 Å². The Hall–Kier alpha value is -1.14. The van der Waals surface area contributed by atoms with Gasteiger partial charge < -0.3 is 19.9 Å². The largest absolute Gasteiger partial charge is 0.377 e. The highest BCUT2D eigenvalue weighted by molar-refractivity contribution is 6.35. The molecular formula is C12H21N3O3. The van der Waals surface area contributed by atoms with Gasteiger partial charge in [0.05, 0.1) is 19.3 Å². The molecule has 2 amide bonds. The topological polar surface area (TPSA) is 61.9 Å². The minimum atomic E-state index is -0.382. The Bertz CT molecular complexity index is 314. The molecule has 6 nitrogen and oxygen atoms in total. The smallest absolute Gasteiger partial charge is 0.312 e. The number of hydrogen-bond acceptors (Lipinski definition) is 4. The van der Waals surface area contributed by atoms with Crippen molar-refractivity contribution in [1.82, 2.24) is 15.1 Å². The van der Waals surface area contributed by atoms with Gasteiger partial charge in [0, 0.05) is 26.2 Å². The SMILES string of the molecule is CC1COCCN1C(=O)C(=O)N1CCCNCC1. The Balaban J connectivity index is 1.96. The van der Waals surface area contributed by atoms with Crippen LogP contribution in [0.2, 0.25) is 0 Å². The first-order chi connectivity index (χ1) is 8.70. The van der Waals surface area contributed by atoms with E-state index in [0.717, 1.165) is 19.5 Å². The number of ether oxygens (including phenoxy) is 1. The molecule has 102 valence electrons. The van der Waals surface area contributed by atoms with E-state index in [9.17, 15) is 9.59 Å². The Morgan fingerprint density at radius 2 is 2.00 bits per heavy atom. The number of carbonyl (C=O) groups excluding carboxylic acids is 2. The van der Waals surface area contributed by atoms with Gasteiger partial charge in [-0.15, -0.1) is 0 Å². The zero-order valence-electron chi connectivity index (χ0n) is 10.9. The van der Waals surface area contributed by atoms with Crippen molar-refractivity contribution in [3.8, 4) is 0 Å². The van der Waals surface area contributed by atoms with Crippen molar-refractivity contribution in [2.75, 3.05) is 45.9 Å². The van der Waals surface area contributed by atoms with Crippen molar-refractivity contribution < 1.29 is 14.3 Å². The quantitative estimate of drug-likeness (QED) is 0.567. The van der Waals surface area contributed by atoms with Gasteiger partial charge in [-0.1, -0.05) is 0 Å². The lowest BCUT2D eigenvalue weighted by Crippen LogP contribution is -2.53. The molecular weight excluding hydrogens is 234 g/mol. The molecule has 18 heavy (non-hydrogen) atoms. The highest BCUT2D eigenvalue weighted by atomic mass is 16.5. The first-order valence-electron chi connectivity index (χ1n) is 6.58. The van der Waals surface area contributed by atoms with Gasteiger partial charge in [0.2, 0.25) is 0 Å². The fraction of sp³-hybridized carbons (Fsp3) is 0.833. The van der Waals surface area contributed by atoms with Crippen LogP contribution in [0.3, 0.4) is 0 Å². The maximum absolute atomic E-state index is 12.2. The van der Waals surface area contributed by atoms with Gasteiger partial charge in [0.1, 0.15) is 0 Å². The van der Waals surface area contributed by atoms with E-state index in [-0.39, 0.29) is 17.9 Å². The van der Waals surface area contributed by atoms with Crippen LogP contribution in [0.25, 0.3) is 0 Å². The van der Waals surface area contributed by atoms with E-state index in [1.165, 1.54) is 0 Å². The van der Waals surface area contributed by atoms with Gasteiger partial charge in [-0.05, 0) is 19.9 Å². The molecule has 1 unspecified atom stereocenters. The van der Waals surface area contributed by atoms with E-state index >= 15 is 0 Å². The number of rotatable bonds is 0. The van der Waals surface area contributed by atoms with Crippen LogP contribution in [0.4, 0.5) is 0 Å². The number of hydrogen-bond donors (Lipinski definition) is 1. The molecule has 2 aliphatic heterocycles. The highest BCUT2D eigenvalue weighted by Crippen LogP contribution is 2.08. The van der Waals surface area contributed by atoms with Crippen molar-refractivity contribution in [3.63, 3.8) is 0 Å². The van der Waals surface area contributed by atoms with E-state index in [1.807, 2.05) is 6.92 Å². The summed E-state index contributed by atoms with van der Waals surface area (Å²) in [7, 11) is 0. The average molecular weight is 255 g/mol. The molecule has 2 saturated heterocycles. The number of nitrogens with zero attached hydrogens (tertiary/aromatic N) is 2. The normalized spacial score (nSPS) is 25.7. The van der Waals surface area contributed by atoms with E-state index in [2.05, 4.69) is 5.32 Å².